The molecule has 17 heavy (non-hydrogen) atoms. The molecule has 0 radical (unpaired) electrons. The zero-order chi connectivity index (χ0) is 12.6. The highest BCUT2D eigenvalue weighted by Gasteiger charge is 2.32. The Kier molecular flexibility index (Phi) is 2.95. The van der Waals surface area contributed by atoms with E-state index in [1.165, 1.54) is 6.33 Å². The molecule has 2 rings (SSSR count). The molecule has 1 unspecified atom stereocenters. The number of hydrogen-bond acceptors (Lipinski definition) is 5. The van der Waals surface area contributed by atoms with Gasteiger partial charge in [0.1, 0.15) is 18.0 Å². The van der Waals surface area contributed by atoms with Crippen LogP contribution in [0.15, 0.2) is 6.33 Å². The van der Waals surface area contributed by atoms with Crippen LogP contribution < -0.4 is 10.6 Å². The summed E-state index contributed by atoms with van der Waals surface area (Å²) in [6, 6.07) is 0. The number of nitrogens with two attached hydrogens (primary N) is 1. The molecule has 2 heterocycles. The van der Waals surface area contributed by atoms with Gasteiger partial charge in [0, 0.05) is 18.7 Å². The lowest BCUT2D eigenvalue weighted by molar-refractivity contribution is -0.0752. The van der Waals surface area contributed by atoms with E-state index in [0.29, 0.717) is 5.82 Å². The third-order valence-corrected chi connectivity index (χ3v) is 2.97. The van der Waals surface area contributed by atoms with E-state index < -0.39 is 0 Å². The molecule has 0 aliphatic carbocycles. The highest BCUT2D eigenvalue weighted by atomic mass is 16.5. The fourth-order valence-electron chi connectivity index (χ4n) is 2.39. The highest BCUT2D eigenvalue weighted by molar-refractivity contribution is 5.56. The smallest absolute Gasteiger partial charge is 0.137 e. The van der Waals surface area contributed by atoms with E-state index in [2.05, 4.69) is 35.6 Å². The molecule has 1 aromatic rings. The summed E-state index contributed by atoms with van der Waals surface area (Å²) < 4.78 is 5.88. The minimum atomic E-state index is -0.163. The number of nitrogen functional groups attached to an aromatic ring is 1. The minimum absolute atomic E-state index is 0.163. The predicted octanol–water partition coefficient (Wildman–Crippen LogP) is 1.37. The van der Waals surface area contributed by atoms with Gasteiger partial charge in [0.15, 0.2) is 0 Å². The van der Waals surface area contributed by atoms with Crippen molar-refractivity contribution in [3.63, 3.8) is 0 Å². The normalized spacial score (nSPS) is 23.8. The molecule has 1 saturated heterocycles. The first-order valence-corrected chi connectivity index (χ1v) is 5.89. The van der Waals surface area contributed by atoms with Crippen LogP contribution in [0.3, 0.4) is 0 Å². The summed E-state index contributed by atoms with van der Waals surface area (Å²) in [5.41, 5.74) is 6.60. The Morgan fingerprint density at radius 1 is 1.47 bits per heavy atom. The summed E-state index contributed by atoms with van der Waals surface area (Å²) in [7, 11) is 0. The average molecular weight is 236 g/mol. The molecule has 5 nitrogen and oxygen atoms in total. The van der Waals surface area contributed by atoms with E-state index in [9.17, 15) is 0 Å². The summed E-state index contributed by atoms with van der Waals surface area (Å²) in [5.74, 6) is 1.47. The number of nitrogens with zero attached hydrogens (tertiary/aromatic N) is 3. The molecule has 94 valence electrons. The van der Waals surface area contributed by atoms with Gasteiger partial charge in [-0.15, -0.1) is 0 Å². The molecule has 0 aromatic carbocycles. The summed E-state index contributed by atoms with van der Waals surface area (Å²) in [6.07, 6.45) is 1.71. The molecule has 0 spiro atoms. The Morgan fingerprint density at radius 3 is 2.82 bits per heavy atom. The number of ether oxygens (including phenoxy) is 1. The van der Waals surface area contributed by atoms with Gasteiger partial charge in [-0.05, 0) is 27.7 Å². The van der Waals surface area contributed by atoms with E-state index in [1.54, 1.807) is 0 Å². The molecule has 1 fully saturated rings. The van der Waals surface area contributed by atoms with Crippen molar-refractivity contribution >= 4 is 11.6 Å². The van der Waals surface area contributed by atoms with Crippen molar-refractivity contribution in [2.75, 3.05) is 23.7 Å². The Bertz CT molecular complexity index is 419. The molecular weight excluding hydrogens is 216 g/mol. The Labute approximate surface area is 102 Å². The van der Waals surface area contributed by atoms with E-state index in [4.69, 9.17) is 10.5 Å². The second-order valence-corrected chi connectivity index (χ2v) is 5.28. The maximum Gasteiger partial charge on any atom is 0.137 e. The number of morpholine rings is 1. The fraction of sp³-hybridized carbons (Fsp3) is 0.667. The summed E-state index contributed by atoms with van der Waals surface area (Å²) in [5, 5.41) is 0. The molecule has 1 aromatic heterocycles. The van der Waals surface area contributed by atoms with Crippen molar-refractivity contribution in [3.8, 4) is 0 Å². The third kappa shape index (κ3) is 2.49. The SMILES string of the molecule is Cc1c(N)ncnc1N1CC(C)OC(C)(C)C1. The van der Waals surface area contributed by atoms with Crippen molar-refractivity contribution in [2.45, 2.75) is 39.4 Å². The standard InChI is InChI=1S/C12H20N4O/c1-8-5-16(6-12(3,4)17-8)11-9(2)10(13)14-7-15-11/h7-8H,5-6H2,1-4H3,(H2,13,14,15). The van der Waals surface area contributed by atoms with Crippen molar-refractivity contribution in [1.29, 1.82) is 0 Å². The topological polar surface area (TPSA) is 64.3 Å². The first-order valence-electron chi connectivity index (χ1n) is 5.89. The van der Waals surface area contributed by atoms with Crippen LogP contribution in [0, 0.1) is 6.92 Å². The summed E-state index contributed by atoms with van der Waals surface area (Å²) in [6.45, 7) is 9.87. The fourth-order valence-corrected chi connectivity index (χ4v) is 2.39. The van der Waals surface area contributed by atoms with Crippen LogP contribution in [-0.2, 0) is 4.74 Å². The quantitative estimate of drug-likeness (QED) is 0.798. The second-order valence-electron chi connectivity index (χ2n) is 5.28. The Hall–Kier alpha value is -1.36. The van der Waals surface area contributed by atoms with Crippen molar-refractivity contribution in [3.05, 3.63) is 11.9 Å². The van der Waals surface area contributed by atoms with Crippen LogP contribution in [0.25, 0.3) is 0 Å². The monoisotopic (exact) mass is 236 g/mol. The Balaban J connectivity index is 2.30. The van der Waals surface area contributed by atoms with Crippen molar-refractivity contribution in [2.24, 2.45) is 0 Å². The molecule has 1 atom stereocenters. The third-order valence-electron chi connectivity index (χ3n) is 2.97. The van der Waals surface area contributed by atoms with Gasteiger partial charge in [0.05, 0.1) is 11.7 Å². The molecule has 1 aliphatic rings. The van der Waals surface area contributed by atoms with Crippen molar-refractivity contribution < 1.29 is 4.74 Å². The van der Waals surface area contributed by atoms with Crippen LogP contribution in [0.5, 0.6) is 0 Å². The van der Waals surface area contributed by atoms with E-state index in [-0.39, 0.29) is 11.7 Å². The van der Waals surface area contributed by atoms with Crippen LogP contribution in [-0.4, -0.2) is 34.8 Å². The molecule has 5 heteroatoms. The van der Waals surface area contributed by atoms with E-state index in [0.717, 1.165) is 24.5 Å². The maximum absolute atomic E-state index is 5.88. The summed E-state index contributed by atoms with van der Waals surface area (Å²) in [4.78, 5) is 10.6. The van der Waals surface area contributed by atoms with Crippen LogP contribution >= 0.6 is 0 Å². The molecule has 0 bridgehead atoms. The van der Waals surface area contributed by atoms with Gasteiger partial charge in [-0.3, -0.25) is 0 Å². The van der Waals surface area contributed by atoms with E-state index in [1.807, 2.05) is 6.92 Å². The van der Waals surface area contributed by atoms with Gasteiger partial charge >= 0.3 is 0 Å². The van der Waals surface area contributed by atoms with Crippen LogP contribution in [0.4, 0.5) is 11.6 Å². The summed E-state index contributed by atoms with van der Waals surface area (Å²) >= 11 is 0. The minimum Gasteiger partial charge on any atom is -0.383 e. The lowest BCUT2D eigenvalue weighted by Crippen LogP contribution is -2.52. The number of rotatable bonds is 1. The number of hydrogen-bond donors (Lipinski definition) is 1. The zero-order valence-corrected chi connectivity index (χ0v) is 10.9. The van der Waals surface area contributed by atoms with Gasteiger partial charge in [-0.2, -0.15) is 0 Å². The maximum atomic E-state index is 5.88. The first-order chi connectivity index (χ1) is 7.89. The van der Waals surface area contributed by atoms with Crippen LogP contribution in [0.1, 0.15) is 26.3 Å². The van der Waals surface area contributed by atoms with E-state index >= 15 is 0 Å². The molecule has 0 saturated carbocycles. The lowest BCUT2D eigenvalue weighted by atomic mass is 10.1. The largest absolute Gasteiger partial charge is 0.383 e. The van der Waals surface area contributed by atoms with Gasteiger partial charge in [-0.1, -0.05) is 0 Å². The Morgan fingerprint density at radius 2 is 2.18 bits per heavy atom. The molecular formula is C12H20N4O. The van der Waals surface area contributed by atoms with Gasteiger partial charge in [0.25, 0.3) is 0 Å². The molecule has 2 N–H and O–H groups in total. The highest BCUT2D eigenvalue weighted by Crippen LogP contribution is 2.27. The predicted molar refractivity (Wildman–Crippen MR) is 68.0 cm³/mol. The van der Waals surface area contributed by atoms with Gasteiger partial charge in [0.2, 0.25) is 0 Å². The zero-order valence-electron chi connectivity index (χ0n) is 10.9. The number of anilines is 2. The first kappa shape index (κ1) is 12.1. The molecule has 0 amide bonds. The lowest BCUT2D eigenvalue weighted by Gasteiger charge is -2.42. The van der Waals surface area contributed by atoms with Crippen LogP contribution in [0.2, 0.25) is 0 Å². The number of aromatic nitrogens is 2. The van der Waals surface area contributed by atoms with Crippen molar-refractivity contribution in [1.82, 2.24) is 9.97 Å². The van der Waals surface area contributed by atoms with Gasteiger partial charge in [-0.25, -0.2) is 9.97 Å². The van der Waals surface area contributed by atoms with Gasteiger partial charge < -0.3 is 15.4 Å². The molecule has 1 aliphatic heterocycles. The average Bonchev–Trinajstić information content (AvgIpc) is 2.19. The second kappa shape index (κ2) is 4.14.